The van der Waals surface area contributed by atoms with E-state index in [1.54, 1.807) is 18.2 Å². The van der Waals surface area contributed by atoms with Crippen molar-refractivity contribution in [2.24, 2.45) is 5.92 Å². The van der Waals surface area contributed by atoms with Gasteiger partial charge in [-0.3, -0.25) is 0 Å². The van der Waals surface area contributed by atoms with Crippen molar-refractivity contribution in [1.82, 2.24) is 4.90 Å². The van der Waals surface area contributed by atoms with Crippen LogP contribution >= 0.6 is 0 Å². The SMILES string of the molecule is CN1CCCC(C(F)c2cccc(O)c2)C1. The molecule has 88 valence electrons. The van der Waals surface area contributed by atoms with Crippen LogP contribution in [0.2, 0.25) is 0 Å². The maximum atomic E-state index is 14.2. The van der Waals surface area contributed by atoms with Gasteiger partial charge in [-0.05, 0) is 44.1 Å². The molecule has 1 aliphatic rings. The molecule has 1 N–H and O–H groups in total. The van der Waals surface area contributed by atoms with Crippen LogP contribution in [0.25, 0.3) is 0 Å². The molecule has 1 aliphatic heterocycles. The van der Waals surface area contributed by atoms with E-state index in [-0.39, 0.29) is 11.7 Å². The van der Waals surface area contributed by atoms with Crippen LogP contribution < -0.4 is 0 Å². The molecule has 1 aromatic rings. The Morgan fingerprint density at radius 3 is 3.00 bits per heavy atom. The molecule has 1 saturated heterocycles. The molecule has 2 nitrogen and oxygen atoms in total. The first kappa shape index (κ1) is 11.4. The lowest BCUT2D eigenvalue weighted by atomic mass is 9.90. The summed E-state index contributed by atoms with van der Waals surface area (Å²) in [6, 6.07) is 6.55. The fourth-order valence-electron chi connectivity index (χ4n) is 2.41. The van der Waals surface area contributed by atoms with Crippen LogP contribution in [0.4, 0.5) is 4.39 Å². The van der Waals surface area contributed by atoms with Crippen LogP contribution in [0.1, 0.15) is 24.6 Å². The van der Waals surface area contributed by atoms with Crippen molar-refractivity contribution in [3.05, 3.63) is 29.8 Å². The number of hydrogen-bond donors (Lipinski definition) is 1. The third-order valence-electron chi connectivity index (χ3n) is 3.26. The van der Waals surface area contributed by atoms with Gasteiger partial charge in [0.05, 0.1) is 0 Å². The Kier molecular flexibility index (Phi) is 3.44. The van der Waals surface area contributed by atoms with Gasteiger partial charge in [-0.25, -0.2) is 4.39 Å². The molecule has 2 unspecified atom stereocenters. The molecule has 1 aromatic carbocycles. The molecule has 0 saturated carbocycles. The third-order valence-corrected chi connectivity index (χ3v) is 3.26. The largest absolute Gasteiger partial charge is 0.508 e. The summed E-state index contributed by atoms with van der Waals surface area (Å²) in [5.41, 5.74) is 0.598. The topological polar surface area (TPSA) is 23.5 Å². The molecule has 0 amide bonds. The third kappa shape index (κ3) is 2.53. The Hall–Kier alpha value is -1.09. The zero-order valence-electron chi connectivity index (χ0n) is 9.56. The average Bonchev–Trinajstić information content (AvgIpc) is 2.28. The number of alkyl halides is 1. The van der Waals surface area contributed by atoms with E-state index in [9.17, 15) is 9.50 Å². The zero-order valence-corrected chi connectivity index (χ0v) is 9.56. The Bertz CT molecular complexity index is 356. The number of piperidine rings is 1. The Balaban J connectivity index is 2.09. The molecule has 1 heterocycles. The zero-order chi connectivity index (χ0) is 11.5. The van der Waals surface area contributed by atoms with Crippen LogP contribution in [0.15, 0.2) is 24.3 Å². The predicted molar refractivity (Wildman–Crippen MR) is 62.2 cm³/mol. The highest BCUT2D eigenvalue weighted by atomic mass is 19.1. The number of halogens is 1. The van der Waals surface area contributed by atoms with Gasteiger partial charge in [0.1, 0.15) is 11.9 Å². The number of nitrogens with zero attached hydrogens (tertiary/aromatic N) is 1. The van der Waals surface area contributed by atoms with E-state index in [4.69, 9.17) is 0 Å². The van der Waals surface area contributed by atoms with E-state index in [2.05, 4.69) is 4.90 Å². The molecule has 1 fully saturated rings. The molecular formula is C13H18FNO. The average molecular weight is 223 g/mol. The lowest BCUT2D eigenvalue weighted by Gasteiger charge is -2.31. The van der Waals surface area contributed by atoms with Crippen LogP contribution in [-0.2, 0) is 0 Å². The monoisotopic (exact) mass is 223 g/mol. The molecular weight excluding hydrogens is 205 g/mol. The summed E-state index contributed by atoms with van der Waals surface area (Å²) in [6.45, 7) is 1.86. The van der Waals surface area contributed by atoms with Gasteiger partial charge >= 0.3 is 0 Å². The minimum Gasteiger partial charge on any atom is -0.508 e. The van der Waals surface area contributed by atoms with E-state index < -0.39 is 6.17 Å². The van der Waals surface area contributed by atoms with Crippen molar-refractivity contribution in [3.8, 4) is 5.75 Å². The first-order chi connectivity index (χ1) is 7.66. The van der Waals surface area contributed by atoms with Crippen molar-refractivity contribution in [2.75, 3.05) is 20.1 Å². The summed E-state index contributed by atoms with van der Waals surface area (Å²) in [6.07, 6.45) is 1.02. The van der Waals surface area contributed by atoms with Crippen molar-refractivity contribution >= 4 is 0 Å². The number of likely N-dealkylation sites (tertiary alicyclic amines) is 1. The Labute approximate surface area is 95.7 Å². The molecule has 3 heteroatoms. The standard InChI is InChI=1S/C13H18FNO/c1-15-7-3-5-11(9-15)13(14)10-4-2-6-12(16)8-10/h2,4,6,8,11,13,16H,3,5,7,9H2,1H3. The van der Waals surface area contributed by atoms with E-state index in [0.717, 1.165) is 25.9 Å². The van der Waals surface area contributed by atoms with Crippen molar-refractivity contribution in [1.29, 1.82) is 0 Å². The van der Waals surface area contributed by atoms with Crippen molar-refractivity contribution in [3.63, 3.8) is 0 Å². The number of rotatable bonds is 2. The number of hydrogen-bond acceptors (Lipinski definition) is 2. The van der Waals surface area contributed by atoms with Crippen LogP contribution in [-0.4, -0.2) is 30.1 Å². The summed E-state index contributed by atoms with van der Waals surface area (Å²) in [5, 5.41) is 9.34. The lowest BCUT2D eigenvalue weighted by molar-refractivity contribution is 0.126. The normalized spacial score (nSPS) is 24.2. The molecule has 0 spiro atoms. The molecule has 0 aromatic heterocycles. The number of phenols is 1. The van der Waals surface area contributed by atoms with E-state index >= 15 is 0 Å². The fourth-order valence-corrected chi connectivity index (χ4v) is 2.41. The van der Waals surface area contributed by atoms with E-state index in [1.807, 2.05) is 7.05 Å². The molecule has 2 atom stereocenters. The van der Waals surface area contributed by atoms with Gasteiger partial charge in [0.15, 0.2) is 0 Å². The van der Waals surface area contributed by atoms with Gasteiger partial charge in [-0.2, -0.15) is 0 Å². The molecule has 0 bridgehead atoms. The first-order valence-corrected chi connectivity index (χ1v) is 5.78. The van der Waals surface area contributed by atoms with E-state index in [0.29, 0.717) is 5.56 Å². The maximum absolute atomic E-state index is 14.2. The number of phenolic OH excluding ortho intramolecular Hbond substituents is 1. The van der Waals surface area contributed by atoms with Crippen LogP contribution in [0, 0.1) is 5.92 Å². The summed E-state index contributed by atoms with van der Waals surface area (Å²) in [5.74, 6) is 0.199. The van der Waals surface area contributed by atoms with Crippen LogP contribution in [0.3, 0.4) is 0 Å². The highest BCUT2D eigenvalue weighted by molar-refractivity contribution is 5.29. The predicted octanol–water partition coefficient (Wildman–Crippen LogP) is 2.74. The quantitative estimate of drug-likeness (QED) is 0.833. The van der Waals surface area contributed by atoms with Crippen molar-refractivity contribution in [2.45, 2.75) is 19.0 Å². The van der Waals surface area contributed by atoms with Gasteiger partial charge in [0, 0.05) is 12.5 Å². The van der Waals surface area contributed by atoms with Gasteiger partial charge in [0.25, 0.3) is 0 Å². The van der Waals surface area contributed by atoms with Crippen LogP contribution in [0.5, 0.6) is 5.75 Å². The molecule has 2 rings (SSSR count). The molecule has 0 radical (unpaired) electrons. The first-order valence-electron chi connectivity index (χ1n) is 5.78. The second-order valence-electron chi connectivity index (χ2n) is 4.66. The Morgan fingerprint density at radius 2 is 2.31 bits per heavy atom. The summed E-state index contributed by atoms with van der Waals surface area (Å²) >= 11 is 0. The lowest BCUT2D eigenvalue weighted by Crippen LogP contribution is -2.34. The number of aromatic hydroxyl groups is 1. The summed E-state index contributed by atoms with van der Waals surface area (Å²) < 4.78 is 14.2. The highest BCUT2D eigenvalue weighted by Gasteiger charge is 2.26. The highest BCUT2D eigenvalue weighted by Crippen LogP contribution is 2.33. The molecule has 16 heavy (non-hydrogen) atoms. The summed E-state index contributed by atoms with van der Waals surface area (Å²) in [7, 11) is 2.03. The second kappa shape index (κ2) is 4.83. The number of benzene rings is 1. The smallest absolute Gasteiger partial charge is 0.129 e. The fraction of sp³-hybridized carbons (Fsp3) is 0.538. The maximum Gasteiger partial charge on any atom is 0.129 e. The van der Waals surface area contributed by atoms with Gasteiger partial charge in [-0.15, -0.1) is 0 Å². The second-order valence-corrected chi connectivity index (χ2v) is 4.66. The Morgan fingerprint density at radius 1 is 1.50 bits per heavy atom. The van der Waals surface area contributed by atoms with E-state index in [1.165, 1.54) is 6.07 Å². The minimum atomic E-state index is -0.963. The minimum absolute atomic E-state index is 0.0561. The molecule has 0 aliphatic carbocycles. The van der Waals surface area contributed by atoms with Gasteiger partial charge in [0.2, 0.25) is 0 Å². The summed E-state index contributed by atoms with van der Waals surface area (Å²) in [4.78, 5) is 2.17. The van der Waals surface area contributed by atoms with Gasteiger partial charge < -0.3 is 10.0 Å². The van der Waals surface area contributed by atoms with Gasteiger partial charge in [-0.1, -0.05) is 12.1 Å². The van der Waals surface area contributed by atoms with Crippen molar-refractivity contribution < 1.29 is 9.50 Å².